The van der Waals surface area contributed by atoms with Gasteiger partial charge in [-0.3, -0.25) is 0 Å². The molecule has 0 unspecified atom stereocenters. The van der Waals surface area contributed by atoms with Crippen molar-refractivity contribution in [3.05, 3.63) is 41.6 Å². The van der Waals surface area contributed by atoms with Gasteiger partial charge in [-0.05, 0) is 23.8 Å². The Morgan fingerprint density at radius 3 is 2.45 bits per heavy atom. The number of carboxylic acid groups (broad SMARTS) is 1. The van der Waals surface area contributed by atoms with Crippen LogP contribution in [-0.2, 0) is 8.59 Å². The predicted molar refractivity (Wildman–Crippen MR) is 82.0 cm³/mol. The number of halogens is 3. The largest absolute Gasteiger partial charge is 0.482 e. The highest BCUT2D eigenvalue weighted by atomic mass is 35.6. The van der Waals surface area contributed by atoms with E-state index in [2.05, 4.69) is 10.2 Å². The highest BCUT2D eigenvalue weighted by molar-refractivity contribution is 6.66. The van der Waals surface area contributed by atoms with Crippen LogP contribution in [0.5, 0.6) is 5.75 Å². The first-order valence-electron chi connectivity index (χ1n) is 5.88. The minimum absolute atomic E-state index is 0.116. The lowest BCUT2D eigenvalue weighted by atomic mass is 10.2. The van der Waals surface area contributed by atoms with Gasteiger partial charge in [-0.25, -0.2) is 4.79 Å². The number of aromatic nitrogens is 2. The molecule has 2 rings (SSSR count). The number of benzene rings is 1. The molecule has 2 aromatic rings. The quantitative estimate of drug-likeness (QED) is 0.818. The third kappa shape index (κ3) is 4.91. The standard InChI is InChI=1S/C13H9Cl3N2O4/c14-13(15,16)12-18-17-10(22-12)6-3-8-1-4-9(5-2-8)21-7-11(19)20/h1-6H,7H2,(H,19,20)/b6-3+. The van der Waals surface area contributed by atoms with Crippen LogP contribution in [0.1, 0.15) is 17.3 Å². The molecule has 22 heavy (non-hydrogen) atoms. The van der Waals surface area contributed by atoms with E-state index < -0.39 is 16.4 Å². The third-order valence-electron chi connectivity index (χ3n) is 2.34. The first-order valence-corrected chi connectivity index (χ1v) is 7.01. The Morgan fingerprint density at radius 1 is 1.23 bits per heavy atom. The molecule has 0 aliphatic carbocycles. The fourth-order valence-electron chi connectivity index (χ4n) is 1.40. The van der Waals surface area contributed by atoms with Crippen LogP contribution in [0.2, 0.25) is 0 Å². The number of carbonyl (C=O) groups is 1. The molecule has 6 nitrogen and oxygen atoms in total. The van der Waals surface area contributed by atoms with Crippen LogP contribution in [0.25, 0.3) is 12.2 Å². The van der Waals surface area contributed by atoms with E-state index in [4.69, 9.17) is 49.1 Å². The zero-order valence-electron chi connectivity index (χ0n) is 10.9. The highest BCUT2D eigenvalue weighted by Gasteiger charge is 2.29. The molecule has 0 bridgehead atoms. The predicted octanol–water partition coefficient (Wildman–Crippen LogP) is 3.53. The summed E-state index contributed by atoms with van der Waals surface area (Å²) in [6.45, 7) is -0.392. The molecule has 0 saturated heterocycles. The van der Waals surface area contributed by atoms with Crippen LogP contribution in [0.3, 0.4) is 0 Å². The number of rotatable bonds is 5. The van der Waals surface area contributed by atoms with E-state index in [-0.39, 0.29) is 11.8 Å². The summed E-state index contributed by atoms with van der Waals surface area (Å²) < 4.78 is 8.42. The molecular formula is C13H9Cl3N2O4. The Kier molecular flexibility index (Phi) is 5.28. The maximum Gasteiger partial charge on any atom is 0.341 e. The molecule has 1 aromatic carbocycles. The first kappa shape index (κ1) is 16.6. The summed E-state index contributed by atoms with van der Waals surface area (Å²) in [5.41, 5.74) is 0.816. The highest BCUT2D eigenvalue weighted by Crippen LogP contribution is 2.37. The molecule has 1 aromatic heterocycles. The van der Waals surface area contributed by atoms with Crippen molar-refractivity contribution in [1.82, 2.24) is 10.2 Å². The molecule has 0 atom stereocenters. The van der Waals surface area contributed by atoms with Gasteiger partial charge < -0.3 is 14.3 Å². The Morgan fingerprint density at radius 2 is 1.91 bits per heavy atom. The molecule has 0 fully saturated rings. The molecule has 116 valence electrons. The van der Waals surface area contributed by atoms with Gasteiger partial charge in [-0.2, -0.15) is 0 Å². The van der Waals surface area contributed by atoms with Crippen LogP contribution in [0.4, 0.5) is 0 Å². The van der Waals surface area contributed by atoms with Gasteiger partial charge in [-0.15, -0.1) is 10.2 Å². The van der Waals surface area contributed by atoms with Crippen LogP contribution in [0, 0.1) is 0 Å². The van der Waals surface area contributed by atoms with Crippen molar-refractivity contribution >= 4 is 52.9 Å². The van der Waals surface area contributed by atoms with E-state index >= 15 is 0 Å². The maximum absolute atomic E-state index is 10.4. The lowest BCUT2D eigenvalue weighted by Crippen LogP contribution is -2.09. The van der Waals surface area contributed by atoms with Gasteiger partial charge in [0.1, 0.15) is 5.75 Å². The van der Waals surface area contributed by atoms with Gasteiger partial charge in [0.05, 0.1) is 0 Å². The summed E-state index contributed by atoms with van der Waals surface area (Å²) in [7, 11) is 0. The second-order valence-electron chi connectivity index (χ2n) is 4.03. The number of ether oxygens (including phenoxy) is 1. The number of carboxylic acids is 1. The summed E-state index contributed by atoms with van der Waals surface area (Å²) in [6, 6.07) is 6.76. The van der Waals surface area contributed by atoms with Gasteiger partial charge in [0.2, 0.25) is 5.89 Å². The topological polar surface area (TPSA) is 85.5 Å². The van der Waals surface area contributed by atoms with E-state index in [0.717, 1.165) is 5.56 Å². The third-order valence-corrected chi connectivity index (χ3v) is 2.83. The Labute approximate surface area is 140 Å². The fourth-order valence-corrected chi connectivity index (χ4v) is 1.63. The average molecular weight is 364 g/mol. The Hall–Kier alpha value is -1.76. The first-order chi connectivity index (χ1) is 10.3. The molecule has 0 radical (unpaired) electrons. The van der Waals surface area contributed by atoms with Gasteiger partial charge in [0, 0.05) is 6.08 Å². The molecule has 0 spiro atoms. The molecule has 0 saturated carbocycles. The van der Waals surface area contributed by atoms with Gasteiger partial charge in [0.15, 0.2) is 6.61 Å². The second kappa shape index (κ2) is 7.00. The summed E-state index contributed by atoms with van der Waals surface area (Å²) in [6.07, 6.45) is 3.26. The second-order valence-corrected chi connectivity index (χ2v) is 6.31. The number of aliphatic carboxylic acids is 1. The number of hydrogen-bond acceptors (Lipinski definition) is 5. The van der Waals surface area contributed by atoms with E-state index in [9.17, 15) is 4.79 Å². The number of alkyl halides is 3. The Balaban J connectivity index is 2.01. The van der Waals surface area contributed by atoms with Crippen LogP contribution < -0.4 is 4.74 Å². The molecular weight excluding hydrogens is 355 g/mol. The minimum atomic E-state index is -1.76. The van der Waals surface area contributed by atoms with Crippen molar-refractivity contribution in [3.63, 3.8) is 0 Å². The fraction of sp³-hybridized carbons (Fsp3) is 0.154. The summed E-state index contributed by atoms with van der Waals surface area (Å²) in [4.78, 5) is 10.4. The molecule has 1 heterocycles. The zero-order chi connectivity index (χ0) is 16.2. The van der Waals surface area contributed by atoms with E-state index in [1.165, 1.54) is 0 Å². The van der Waals surface area contributed by atoms with E-state index in [1.54, 1.807) is 36.4 Å². The lowest BCUT2D eigenvalue weighted by Gasteiger charge is -2.02. The maximum atomic E-state index is 10.4. The normalized spacial score (nSPS) is 11.8. The molecule has 1 N–H and O–H groups in total. The number of hydrogen-bond donors (Lipinski definition) is 1. The van der Waals surface area contributed by atoms with Crippen molar-refractivity contribution in [1.29, 1.82) is 0 Å². The van der Waals surface area contributed by atoms with Crippen LogP contribution in [-0.4, -0.2) is 27.9 Å². The zero-order valence-corrected chi connectivity index (χ0v) is 13.1. The van der Waals surface area contributed by atoms with Gasteiger partial charge in [0.25, 0.3) is 9.68 Å². The monoisotopic (exact) mass is 362 g/mol. The number of nitrogens with zero attached hydrogens (tertiary/aromatic N) is 2. The SMILES string of the molecule is O=C(O)COc1ccc(/C=C/c2nnc(C(Cl)(Cl)Cl)o2)cc1. The molecule has 0 amide bonds. The van der Waals surface area contributed by atoms with Crippen molar-refractivity contribution < 1.29 is 19.1 Å². The summed E-state index contributed by atoms with van der Waals surface area (Å²) in [5, 5.41) is 15.8. The average Bonchev–Trinajstić information content (AvgIpc) is 2.93. The summed E-state index contributed by atoms with van der Waals surface area (Å²) in [5.74, 6) is -0.511. The van der Waals surface area contributed by atoms with E-state index in [1.807, 2.05) is 0 Å². The van der Waals surface area contributed by atoms with Crippen LogP contribution >= 0.6 is 34.8 Å². The van der Waals surface area contributed by atoms with Crippen molar-refractivity contribution in [3.8, 4) is 5.75 Å². The molecule has 0 aliphatic heterocycles. The van der Waals surface area contributed by atoms with Crippen LogP contribution in [0.15, 0.2) is 28.7 Å². The smallest absolute Gasteiger partial charge is 0.341 e. The molecule has 0 aliphatic rings. The van der Waals surface area contributed by atoms with Crippen molar-refractivity contribution in [2.75, 3.05) is 6.61 Å². The van der Waals surface area contributed by atoms with Crippen molar-refractivity contribution in [2.24, 2.45) is 0 Å². The minimum Gasteiger partial charge on any atom is -0.482 e. The summed E-state index contributed by atoms with van der Waals surface area (Å²) >= 11 is 16.8. The van der Waals surface area contributed by atoms with Gasteiger partial charge >= 0.3 is 5.97 Å². The lowest BCUT2D eigenvalue weighted by molar-refractivity contribution is -0.139. The van der Waals surface area contributed by atoms with E-state index in [0.29, 0.717) is 5.75 Å². The van der Waals surface area contributed by atoms with Crippen molar-refractivity contribution in [2.45, 2.75) is 3.79 Å². The molecule has 9 heteroatoms. The van der Waals surface area contributed by atoms with Gasteiger partial charge in [-0.1, -0.05) is 46.9 Å². The Bertz CT molecular complexity index is 677.